The van der Waals surface area contributed by atoms with Gasteiger partial charge in [-0.2, -0.15) is 0 Å². The second-order valence-electron chi connectivity index (χ2n) is 6.00. The lowest BCUT2D eigenvalue weighted by molar-refractivity contribution is 0.102. The Morgan fingerprint density at radius 1 is 0.897 bits per heavy atom. The molecule has 0 saturated carbocycles. The fraction of sp³-hybridized carbons (Fsp3) is 0.0500. The summed E-state index contributed by atoms with van der Waals surface area (Å²) in [7, 11) is 0. The van der Waals surface area contributed by atoms with Gasteiger partial charge in [-0.25, -0.2) is 8.78 Å². The Balaban J connectivity index is 1.50. The largest absolute Gasteiger partial charge is 0.454 e. The maximum atomic E-state index is 13.7. The molecule has 2 amide bonds. The van der Waals surface area contributed by atoms with Crippen LogP contribution in [0.5, 0.6) is 11.5 Å². The van der Waals surface area contributed by atoms with Crippen LogP contribution >= 0.6 is 0 Å². The summed E-state index contributed by atoms with van der Waals surface area (Å²) in [5.74, 6) is -2.12. The minimum atomic E-state index is -0.921. The van der Waals surface area contributed by atoms with Crippen molar-refractivity contribution < 1.29 is 27.8 Å². The number of pyridine rings is 1. The van der Waals surface area contributed by atoms with Gasteiger partial charge >= 0.3 is 0 Å². The van der Waals surface area contributed by atoms with Crippen LogP contribution in [0.25, 0.3) is 0 Å². The van der Waals surface area contributed by atoms with Crippen molar-refractivity contribution in [3.63, 3.8) is 0 Å². The summed E-state index contributed by atoms with van der Waals surface area (Å²) < 4.78 is 37.9. The number of hydrogen-bond donors (Lipinski definition) is 2. The zero-order valence-electron chi connectivity index (χ0n) is 14.7. The molecule has 1 aliphatic rings. The van der Waals surface area contributed by atoms with E-state index in [-0.39, 0.29) is 18.1 Å². The molecular formula is C20H13F2N3O4. The van der Waals surface area contributed by atoms with Crippen LogP contribution in [0.1, 0.15) is 20.8 Å². The van der Waals surface area contributed by atoms with Gasteiger partial charge in [0.1, 0.15) is 23.0 Å². The number of aromatic nitrogens is 1. The molecule has 0 atom stereocenters. The first kappa shape index (κ1) is 18.4. The Morgan fingerprint density at radius 3 is 2.45 bits per heavy atom. The summed E-state index contributed by atoms with van der Waals surface area (Å²) in [6.07, 6.45) is 1.25. The number of rotatable bonds is 4. The van der Waals surface area contributed by atoms with Gasteiger partial charge in [-0.05, 0) is 36.4 Å². The highest BCUT2D eigenvalue weighted by atomic mass is 19.1. The summed E-state index contributed by atoms with van der Waals surface area (Å²) in [4.78, 5) is 28.7. The zero-order chi connectivity index (χ0) is 20.4. The van der Waals surface area contributed by atoms with Crippen molar-refractivity contribution in [2.24, 2.45) is 0 Å². The van der Waals surface area contributed by atoms with Crippen molar-refractivity contribution >= 4 is 23.2 Å². The van der Waals surface area contributed by atoms with Crippen molar-refractivity contribution in [2.45, 2.75) is 0 Å². The quantitative estimate of drug-likeness (QED) is 0.702. The normalized spacial score (nSPS) is 11.8. The van der Waals surface area contributed by atoms with Crippen molar-refractivity contribution in [2.75, 3.05) is 17.4 Å². The van der Waals surface area contributed by atoms with Crippen LogP contribution in [0.3, 0.4) is 0 Å². The second-order valence-corrected chi connectivity index (χ2v) is 6.00. The molecule has 2 heterocycles. The molecule has 2 N–H and O–H groups in total. The van der Waals surface area contributed by atoms with Gasteiger partial charge < -0.3 is 20.1 Å². The third-order valence-electron chi connectivity index (χ3n) is 4.09. The predicted octanol–water partition coefficient (Wildman–Crippen LogP) is 3.59. The van der Waals surface area contributed by atoms with Crippen LogP contribution in [-0.4, -0.2) is 23.6 Å². The summed E-state index contributed by atoms with van der Waals surface area (Å²) in [5, 5.41) is 4.79. The smallest absolute Gasteiger partial charge is 0.274 e. The molecule has 1 aromatic heterocycles. The molecule has 0 saturated heterocycles. The number of anilines is 2. The van der Waals surface area contributed by atoms with Crippen LogP contribution in [0.15, 0.2) is 54.7 Å². The van der Waals surface area contributed by atoms with Gasteiger partial charge in [-0.15, -0.1) is 0 Å². The molecule has 0 unspecified atom stereocenters. The van der Waals surface area contributed by atoms with Crippen LogP contribution in [0, 0.1) is 11.6 Å². The molecule has 29 heavy (non-hydrogen) atoms. The average Bonchev–Trinajstić information content (AvgIpc) is 3.18. The minimum Gasteiger partial charge on any atom is -0.454 e. The maximum Gasteiger partial charge on any atom is 0.274 e. The van der Waals surface area contributed by atoms with E-state index in [2.05, 4.69) is 15.6 Å². The van der Waals surface area contributed by atoms with E-state index in [1.807, 2.05) is 0 Å². The Hall–Kier alpha value is -4.01. The molecule has 3 aromatic rings. The molecule has 2 aromatic carbocycles. The van der Waals surface area contributed by atoms with E-state index >= 15 is 0 Å². The van der Waals surface area contributed by atoms with Gasteiger partial charge in [0.15, 0.2) is 11.5 Å². The molecule has 0 aliphatic carbocycles. The summed E-state index contributed by atoms with van der Waals surface area (Å²) >= 11 is 0. The first-order chi connectivity index (χ1) is 14.0. The Morgan fingerprint density at radius 2 is 1.66 bits per heavy atom. The van der Waals surface area contributed by atoms with E-state index in [4.69, 9.17) is 9.47 Å². The standard InChI is InChI=1S/C20H13F2N3O4/c21-13-2-1-3-14(22)18(13)25-20(27)15-8-11(6-7-23-15)19(26)24-12-4-5-16-17(9-12)29-10-28-16/h1-9H,10H2,(H,24,26)(H,25,27). The summed E-state index contributed by atoms with van der Waals surface area (Å²) in [5.41, 5.74) is -0.159. The highest BCUT2D eigenvalue weighted by Crippen LogP contribution is 2.34. The number of ether oxygens (including phenoxy) is 2. The van der Waals surface area contributed by atoms with Crippen molar-refractivity contribution in [3.05, 3.63) is 77.6 Å². The Labute approximate surface area is 163 Å². The van der Waals surface area contributed by atoms with Crippen LogP contribution in [-0.2, 0) is 0 Å². The zero-order valence-corrected chi connectivity index (χ0v) is 14.7. The van der Waals surface area contributed by atoms with E-state index < -0.39 is 29.1 Å². The van der Waals surface area contributed by atoms with E-state index in [9.17, 15) is 18.4 Å². The number of fused-ring (bicyclic) bond motifs is 1. The second kappa shape index (κ2) is 7.55. The molecular weight excluding hydrogens is 384 g/mol. The molecule has 146 valence electrons. The van der Waals surface area contributed by atoms with Gasteiger partial charge in [0, 0.05) is 23.5 Å². The van der Waals surface area contributed by atoms with Crippen LogP contribution in [0.2, 0.25) is 0 Å². The maximum absolute atomic E-state index is 13.7. The van der Waals surface area contributed by atoms with E-state index in [0.29, 0.717) is 17.2 Å². The minimum absolute atomic E-state index is 0.109. The SMILES string of the molecule is O=C(Nc1ccc2c(c1)OCO2)c1ccnc(C(=O)Nc2c(F)cccc2F)c1. The Kier molecular flexibility index (Phi) is 4.78. The third-order valence-corrected chi connectivity index (χ3v) is 4.09. The third kappa shape index (κ3) is 3.84. The molecule has 0 spiro atoms. The average molecular weight is 397 g/mol. The highest BCUT2D eigenvalue weighted by molar-refractivity contribution is 6.08. The molecule has 9 heteroatoms. The first-order valence-corrected chi connectivity index (χ1v) is 8.44. The number of carbonyl (C=O) groups is 2. The van der Waals surface area contributed by atoms with Gasteiger partial charge in [-0.1, -0.05) is 6.07 Å². The predicted molar refractivity (Wildman–Crippen MR) is 99.1 cm³/mol. The van der Waals surface area contributed by atoms with Crippen molar-refractivity contribution in [1.82, 2.24) is 4.98 Å². The highest BCUT2D eigenvalue weighted by Gasteiger charge is 2.17. The molecule has 0 fully saturated rings. The monoisotopic (exact) mass is 397 g/mol. The van der Waals surface area contributed by atoms with Gasteiger partial charge in [-0.3, -0.25) is 14.6 Å². The molecule has 7 nitrogen and oxygen atoms in total. The topological polar surface area (TPSA) is 89.6 Å². The lowest BCUT2D eigenvalue weighted by Gasteiger charge is -2.09. The number of nitrogens with zero attached hydrogens (tertiary/aromatic N) is 1. The van der Waals surface area contributed by atoms with Crippen molar-refractivity contribution in [1.29, 1.82) is 0 Å². The number of carbonyl (C=O) groups excluding carboxylic acids is 2. The summed E-state index contributed by atoms with van der Waals surface area (Å²) in [6, 6.07) is 10.7. The molecule has 4 rings (SSSR count). The van der Waals surface area contributed by atoms with Crippen molar-refractivity contribution in [3.8, 4) is 11.5 Å². The lowest BCUT2D eigenvalue weighted by atomic mass is 10.2. The van der Waals surface area contributed by atoms with Gasteiger partial charge in [0.2, 0.25) is 6.79 Å². The van der Waals surface area contributed by atoms with E-state index in [0.717, 1.165) is 12.1 Å². The number of para-hydroxylation sites is 1. The van der Waals surface area contributed by atoms with Crippen LogP contribution < -0.4 is 20.1 Å². The number of amides is 2. The summed E-state index contributed by atoms with van der Waals surface area (Å²) in [6.45, 7) is 0.109. The van der Waals surface area contributed by atoms with E-state index in [1.54, 1.807) is 18.2 Å². The van der Waals surface area contributed by atoms with Gasteiger partial charge in [0.25, 0.3) is 11.8 Å². The Bertz CT molecular complexity index is 1100. The fourth-order valence-corrected chi connectivity index (χ4v) is 2.67. The van der Waals surface area contributed by atoms with E-state index in [1.165, 1.54) is 24.4 Å². The molecule has 0 radical (unpaired) electrons. The number of nitrogens with one attached hydrogen (secondary N) is 2. The van der Waals surface area contributed by atoms with Crippen LogP contribution in [0.4, 0.5) is 20.2 Å². The number of hydrogen-bond acceptors (Lipinski definition) is 5. The number of halogens is 2. The van der Waals surface area contributed by atoms with Gasteiger partial charge in [0.05, 0.1) is 0 Å². The molecule has 1 aliphatic heterocycles. The fourth-order valence-electron chi connectivity index (χ4n) is 2.67. The first-order valence-electron chi connectivity index (χ1n) is 8.44. The lowest BCUT2D eigenvalue weighted by Crippen LogP contribution is -2.18. The molecule has 0 bridgehead atoms. The number of benzene rings is 2.